The SMILES string of the molecule is CC(C)Cn1nc(C(=O)N2CCC(N)C(C)(C)C2)c2ccccc2c1=O.Cl. The summed E-state index contributed by atoms with van der Waals surface area (Å²) in [4.78, 5) is 27.8. The van der Waals surface area contributed by atoms with Crippen molar-refractivity contribution >= 4 is 29.1 Å². The average Bonchev–Trinajstić information content (AvgIpc) is 2.59. The Morgan fingerprint density at radius 2 is 1.93 bits per heavy atom. The van der Waals surface area contributed by atoms with E-state index in [0.717, 1.165) is 6.42 Å². The van der Waals surface area contributed by atoms with Gasteiger partial charge >= 0.3 is 0 Å². The van der Waals surface area contributed by atoms with E-state index in [1.54, 1.807) is 12.1 Å². The molecule has 0 bridgehead atoms. The number of nitrogens with two attached hydrogens (primary N) is 1. The first-order valence-electron chi connectivity index (χ1n) is 9.25. The van der Waals surface area contributed by atoms with Crippen LogP contribution in [0.4, 0.5) is 0 Å². The number of aromatic nitrogens is 2. The van der Waals surface area contributed by atoms with Gasteiger partial charge in [0.15, 0.2) is 5.69 Å². The van der Waals surface area contributed by atoms with Crippen molar-refractivity contribution in [3.63, 3.8) is 0 Å². The summed E-state index contributed by atoms with van der Waals surface area (Å²) < 4.78 is 1.43. The molecule has 6 nitrogen and oxygen atoms in total. The van der Waals surface area contributed by atoms with E-state index in [1.807, 2.05) is 30.9 Å². The predicted octanol–water partition coefficient (Wildman–Crippen LogP) is 2.67. The fraction of sp³-hybridized carbons (Fsp3) is 0.550. The van der Waals surface area contributed by atoms with Crippen molar-refractivity contribution in [2.75, 3.05) is 13.1 Å². The predicted molar refractivity (Wildman–Crippen MR) is 110 cm³/mol. The third-order valence-electron chi connectivity index (χ3n) is 5.21. The molecule has 1 aromatic heterocycles. The number of carbonyl (C=O) groups is 1. The highest BCUT2D eigenvalue weighted by molar-refractivity contribution is 6.04. The molecule has 7 heteroatoms. The van der Waals surface area contributed by atoms with Crippen molar-refractivity contribution in [1.29, 1.82) is 0 Å². The normalized spacial score (nSPS) is 19.2. The first-order valence-corrected chi connectivity index (χ1v) is 9.25. The van der Waals surface area contributed by atoms with E-state index in [-0.39, 0.29) is 41.2 Å². The lowest BCUT2D eigenvalue weighted by atomic mass is 9.79. The monoisotopic (exact) mass is 392 g/mol. The number of hydrogen-bond acceptors (Lipinski definition) is 4. The molecule has 1 amide bonds. The van der Waals surface area contributed by atoms with Gasteiger partial charge in [-0.2, -0.15) is 5.10 Å². The standard InChI is InChI=1S/C20H28N4O2.ClH/c1-13(2)11-24-18(25)15-8-6-5-7-14(15)17(22-24)19(26)23-10-9-16(21)20(3,4)12-23;/h5-8,13,16H,9-12,21H2,1-4H3;1H. The first kappa shape index (κ1) is 21.4. The largest absolute Gasteiger partial charge is 0.337 e. The number of amides is 1. The lowest BCUT2D eigenvalue weighted by molar-refractivity contribution is 0.0527. The van der Waals surface area contributed by atoms with Crippen LogP contribution in [0.1, 0.15) is 44.6 Å². The van der Waals surface area contributed by atoms with E-state index >= 15 is 0 Å². The van der Waals surface area contributed by atoms with Crippen LogP contribution in [0.5, 0.6) is 0 Å². The van der Waals surface area contributed by atoms with Gasteiger partial charge < -0.3 is 10.6 Å². The Morgan fingerprint density at radius 1 is 1.30 bits per heavy atom. The van der Waals surface area contributed by atoms with Crippen molar-refractivity contribution in [2.45, 2.75) is 46.7 Å². The van der Waals surface area contributed by atoms with Gasteiger partial charge in [-0.1, -0.05) is 45.9 Å². The summed E-state index contributed by atoms with van der Waals surface area (Å²) >= 11 is 0. The molecule has 3 rings (SSSR count). The zero-order valence-electron chi connectivity index (χ0n) is 16.4. The molecule has 1 aromatic carbocycles. The maximum Gasteiger partial charge on any atom is 0.274 e. The Hall–Kier alpha value is -1.92. The Morgan fingerprint density at radius 3 is 2.52 bits per heavy atom. The van der Waals surface area contributed by atoms with Gasteiger partial charge in [-0.05, 0) is 23.8 Å². The molecule has 27 heavy (non-hydrogen) atoms. The molecule has 2 N–H and O–H groups in total. The minimum Gasteiger partial charge on any atom is -0.337 e. The smallest absolute Gasteiger partial charge is 0.274 e. The van der Waals surface area contributed by atoms with E-state index in [1.165, 1.54) is 4.68 Å². The second kappa shape index (κ2) is 7.98. The molecule has 1 saturated heterocycles. The molecule has 0 saturated carbocycles. The van der Waals surface area contributed by atoms with Crippen molar-refractivity contribution in [1.82, 2.24) is 14.7 Å². The molecule has 1 atom stereocenters. The van der Waals surface area contributed by atoms with Gasteiger partial charge in [0.1, 0.15) is 0 Å². The lowest BCUT2D eigenvalue weighted by Crippen LogP contribution is -2.54. The highest BCUT2D eigenvalue weighted by Crippen LogP contribution is 2.29. The van der Waals surface area contributed by atoms with E-state index in [4.69, 9.17) is 5.73 Å². The van der Waals surface area contributed by atoms with Crippen LogP contribution in [0.15, 0.2) is 29.1 Å². The Labute approximate surface area is 166 Å². The number of likely N-dealkylation sites (tertiary alicyclic amines) is 1. The molecule has 0 radical (unpaired) electrons. The lowest BCUT2D eigenvalue weighted by Gasteiger charge is -2.42. The Kier molecular flexibility index (Phi) is 6.32. The van der Waals surface area contributed by atoms with Crippen LogP contribution >= 0.6 is 12.4 Å². The van der Waals surface area contributed by atoms with Crippen molar-refractivity contribution in [3.05, 3.63) is 40.3 Å². The number of hydrogen-bond donors (Lipinski definition) is 1. The third kappa shape index (κ3) is 4.17. The van der Waals surface area contributed by atoms with Crippen LogP contribution in [0, 0.1) is 11.3 Å². The van der Waals surface area contributed by atoms with Gasteiger partial charge in [0.25, 0.3) is 11.5 Å². The van der Waals surface area contributed by atoms with Gasteiger partial charge in [0.05, 0.1) is 5.39 Å². The molecule has 2 aromatic rings. The summed E-state index contributed by atoms with van der Waals surface area (Å²) in [5.74, 6) is 0.134. The molecular weight excluding hydrogens is 364 g/mol. The zero-order valence-corrected chi connectivity index (χ0v) is 17.3. The van der Waals surface area contributed by atoms with Gasteiger partial charge in [0, 0.05) is 31.1 Å². The maximum atomic E-state index is 13.3. The topological polar surface area (TPSA) is 81.2 Å². The van der Waals surface area contributed by atoms with Crippen molar-refractivity contribution in [3.8, 4) is 0 Å². The van der Waals surface area contributed by atoms with Gasteiger partial charge in [-0.3, -0.25) is 9.59 Å². The number of rotatable bonds is 3. The summed E-state index contributed by atoms with van der Waals surface area (Å²) in [7, 11) is 0. The second-order valence-corrected chi connectivity index (χ2v) is 8.39. The molecule has 1 aliphatic rings. The van der Waals surface area contributed by atoms with Crippen LogP contribution in [-0.2, 0) is 6.54 Å². The van der Waals surface area contributed by atoms with Crippen LogP contribution in [0.3, 0.4) is 0 Å². The van der Waals surface area contributed by atoms with Crippen molar-refractivity contribution in [2.24, 2.45) is 17.1 Å². The van der Waals surface area contributed by atoms with E-state index < -0.39 is 0 Å². The Balaban J connectivity index is 0.00000261. The molecule has 0 aliphatic carbocycles. The van der Waals surface area contributed by atoms with Crippen LogP contribution in [0.2, 0.25) is 0 Å². The minimum atomic E-state index is -0.146. The number of benzene rings is 1. The summed E-state index contributed by atoms with van der Waals surface area (Å²) in [5, 5.41) is 5.63. The first-order chi connectivity index (χ1) is 12.2. The second-order valence-electron chi connectivity index (χ2n) is 8.39. The fourth-order valence-corrected chi connectivity index (χ4v) is 3.56. The maximum absolute atomic E-state index is 13.3. The summed E-state index contributed by atoms with van der Waals surface area (Å²) in [6.07, 6.45) is 0.766. The summed E-state index contributed by atoms with van der Waals surface area (Å²) in [5.41, 5.74) is 6.27. The highest BCUT2D eigenvalue weighted by atomic mass is 35.5. The summed E-state index contributed by atoms with van der Waals surface area (Å²) in [6, 6.07) is 7.30. The third-order valence-corrected chi connectivity index (χ3v) is 5.21. The fourth-order valence-electron chi connectivity index (χ4n) is 3.56. The number of piperidine rings is 1. The molecule has 1 unspecified atom stereocenters. The number of nitrogens with zero attached hydrogens (tertiary/aromatic N) is 3. The molecule has 148 valence electrons. The molecule has 1 fully saturated rings. The number of carbonyl (C=O) groups excluding carboxylic acids is 1. The quantitative estimate of drug-likeness (QED) is 0.870. The van der Waals surface area contributed by atoms with Crippen LogP contribution in [0.25, 0.3) is 10.8 Å². The molecule has 1 aliphatic heterocycles. The van der Waals surface area contributed by atoms with Gasteiger partial charge in [-0.25, -0.2) is 4.68 Å². The molecule has 0 spiro atoms. The van der Waals surface area contributed by atoms with E-state index in [9.17, 15) is 9.59 Å². The van der Waals surface area contributed by atoms with E-state index in [0.29, 0.717) is 36.1 Å². The zero-order chi connectivity index (χ0) is 19.1. The van der Waals surface area contributed by atoms with E-state index in [2.05, 4.69) is 18.9 Å². The average molecular weight is 393 g/mol. The van der Waals surface area contributed by atoms with Gasteiger partial charge in [0.2, 0.25) is 0 Å². The van der Waals surface area contributed by atoms with Gasteiger partial charge in [-0.15, -0.1) is 12.4 Å². The summed E-state index contributed by atoms with van der Waals surface area (Å²) in [6.45, 7) is 9.92. The highest BCUT2D eigenvalue weighted by Gasteiger charge is 2.36. The molecule has 2 heterocycles. The minimum absolute atomic E-state index is 0. The Bertz CT molecular complexity index is 891. The van der Waals surface area contributed by atoms with Crippen LogP contribution < -0.4 is 11.3 Å². The number of fused-ring (bicyclic) bond motifs is 1. The number of halogens is 1. The van der Waals surface area contributed by atoms with Crippen LogP contribution in [-0.4, -0.2) is 39.7 Å². The van der Waals surface area contributed by atoms with Crippen molar-refractivity contribution < 1.29 is 4.79 Å². The molecular formula is C20H29ClN4O2.